The molecule has 1 aliphatic rings. The first-order valence-corrected chi connectivity index (χ1v) is 5.10. The summed E-state index contributed by atoms with van der Waals surface area (Å²) in [6.45, 7) is 0. The van der Waals surface area contributed by atoms with Gasteiger partial charge in [0.2, 0.25) is 0 Å². The summed E-state index contributed by atoms with van der Waals surface area (Å²) in [5.41, 5.74) is 0.0821. The van der Waals surface area contributed by atoms with E-state index in [-0.39, 0.29) is 5.65 Å². The van der Waals surface area contributed by atoms with Crippen molar-refractivity contribution in [2.24, 2.45) is 0 Å². The smallest absolute Gasteiger partial charge is 0.366 e. The lowest BCUT2D eigenvalue weighted by Crippen LogP contribution is -2.13. The molecule has 1 saturated carbocycles. The number of nitrogens with zero attached hydrogens (tertiary/aromatic N) is 4. The van der Waals surface area contributed by atoms with Crippen LogP contribution in [-0.2, 0) is 6.18 Å². The molecule has 0 spiro atoms. The largest absolute Gasteiger partial charge is 0.453 e. The summed E-state index contributed by atoms with van der Waals surface area (Å²) < 4.78 is 38.4. The highest BCUT2D eigenvalue weighted by molar-refractivity contribution is 5.45. The molecule has 17 heavy (non-hydrogen) atoms. The Kier molecular flexibility index (Phi) is 2.01. The highest BCUT2D eigenvalue weighted by Crippen LogP contribution is 2.28. The molecule has 0 aromatic carbocycles. The van der Waals surface area contributed by atoms with Crippen molar-refractivity contribution in [2.45, 2.75) is 25.1 Å². The average Bonchev–Trinajstić information content (AvgIpc) is 2.94. The highest BCUT2D eigenvalue weighted by Gasteiger charge is 2.37. The third-order valence-corrected chi connectivity index (χ3v) is 2.45. The molecule has 1 N–H and O–H groups in total. The summed E-state index contributed by atoms with van der Waals surface area (Å²) >= 11 is 0. The van der Waals surface area contributed by atoms with Crippen LogP contribution in [0.15, 0.2) is 12.1 Å². The highest BCUT2D eigenvalue weighted by atomic mass is 19.4. The summed E-state index contributed by atoms with van der Waals surface area (Å²) in [5.74, 6) is -0.697. The van der Waals surface area contributed by atoms with Crippen molar-refractivity contribution >= 4 is 11.5 Å². The number of hydrogen-bond donors (Lipinski definition) is 1. The topological polar surface area (TPSA) is 55.1 Å². The van der Waals surface area contributed by atoms with Gasteiger partial charge >= 0.3 is 6.18 Å². The monoisotopic (exact) mass is 243 g/mol. The van der Waals surface area contributed by atoms with Gasteiger partial charge in [0.25, 0.3) is 5.82 Å². The van der Waals surface area contributed by atoms with E-state index >= 15 is 0 Å². The van der Waals surface area contributed by atoms with Crippen molar-refractivity contribution in [3.05, 3.63) is 18.0 Å². The third kappa shape index (κ3) is 1.90. The van der Waals surface area contributed by atoms with E-state index in [4.69, 9.17) is 0 Å². The van der Waals surface area contributed by atoms with Gasteiger partial charge in [0.1, 0.15) is 5.82 Å². The Morgan fingerprint density at radius 3 is 2.65 bits per heavy atom. The quantitative estimate of drug-likeness (QED) is 0.872. The average molecular weight is 243 g/mol. The molecule has 90 valence electrons. The Morgan fingerprint density at radius 1 is 1.24 bits per heavy atom. The zero-order valence-corrected chi connectivity index (χ0v) is 8.57. The van der Waals surface area contributed by atoms with E-state index in [9.17, 15) is 13.2 Å². The zero-order valence-electron chi connectivity index (χ0n) is 8.57. The Labute approximate surface area is 93.6 Å². The predicted molar refractivity (Wildman–Crippen MR) is 52.4 cm³/mol. The molecule has 0 unspecified atom stereocenters. The number of hydrogen-bond acceptors (Lipinski definition) is 4. The fourth-order valence-electron chi connectivity index (χ4n) is 1.48. The first-order chi connectivity index (χ1) is 8.04. The van der Waals surface area contributed by atoms with Gasteiger partial charge in [-0.25, -0.2) is 0 Å². The lowest BCUT2D eigenvalue weighted by molar-refractivity contribution is -0.146. The van der Waals surface area contributed by atoms with Gasteiger partial charge < -0.3 is 5.32 Å². The second-order valence-corrected chi connectivity index (χ2v) is 3.93. The molecule has 0 atom stereocenters. The molecule has 2 aromatic rings. The number of aromatic nitrogens is 4. The van der Waals surface area contributed by atoms with Crippen LogP contribution in [0.4, 0.5) is 19.0 Å². The molecule has 0 amide bonds. The summed E-state index contributed by atoms with van der Waals surface area (Å²) in [7, 11) is 0. The van der Waals surface area contributed by atoms with Crippen LogP contribution < -0.4 is 5.32 Å². The summed E-state index contributed by atoms with van der Waals surface area (Å²) in [4.78, 5) is 0. The maximum Gasteiger partial charge on any atom is 0.453 e. The summed E-state index contributed by atoms with van der Waals surface area (Å²) in [5, 5.41) is 13.4. The van der Waals surface area contributed by atoms with Crippen molar-refractivity contribution in [2.75, 3.05) is 5.32 Å². The number of anilines is 1. The van der Waals surface area contributed by atoms with Crippen LogP contribution in [-0.4, -0.2) is 25.9 Å². The zero-order chi connectivity index (χ0) is 12.0. The van der Waals surface area contributed by atoms with Crippen LogP contribution >= 0.6 is 0 Å². The number of fused-ring (bicyclic) bond motifs is 1. The van der Waals surface area contributed by atoms with Gasteiger partial charge in [-0.1, -0.05) is 0 Å². The fraction of sp³-hybridized carbons (Fsp3) is 0.444. The van der Waals surface area contributed by atoms with Crippen molar-refractivity contribution in [3.8, 4) is 0 Å². The molecule has 0 aliphatic heterocycles. The molecular formula is C9H8F3N5. The van der Waals surface area contributed by atoms with Crippen LogP contribution in [0.25, 0.3) is 5.65 Å². The Hall–Kier alpha value is -1.86. The van der Waals surface area contributed by atoms with Crippen LogP contribution in [0, 0.1) is 0 Å². The van der Waals surface area contributed by atoms with E-state index in [2.05, 4.69) is 20.6 Å². The molecule has 3 rings (SSSR count). The van der Waals surface area contributed by atoms with Gasteiger partial charge in [0, 0.05) is 6.04 Å². The van der Waals surface area contributed by atoms with Crippen molar-refractivity contribution in [1.29, 1.82) is 0 Å². The first kappa shape index (κ1) is 10.3. The van der Waals surface area contributed by atoms with Crippen molar-refractivity contribution in [1.82, 2.24) is 19.8 Å². The number of halogens is 3. The van der Waals surface area contributed by atoms with Crippen LogP contribution in [0.2, 0.25) is 0 Å². The van der Waals surface area contributed by atoms with Crippen LogP contribution in [0.3, 0.4) is 0 Å². The predicted octanol–water partition coefficient (Wildman–Crippen LogP) is 1.72. The Morgan fingerprint density at radius 2 is 2.00 bits per heavy atom. The van der Waals surface area contributed by atoms with Gasteiger partial charge in [-0.3, -0.25) is 0 Å². The second kappa shape index (κ2) is 3.31. The van der Waals surface area contributed by atoms with E-state index in [1.54, 1.807) is 6.07 Å². The van der Waals surface area contributed by atoms with Gasteiger partial charge in [-0.2, -0.15) is 17.7 Å². The minimum Gasteiger partial charge on any atom is -0.366 e. The molecule has 2 heterocycles. The molecule has 5 nitrogen and oxygen atoms in total. The van der Waals surface area contributed by atoms with Crippen molar-refractivity contribution < 1.29 is 13.2 Å². The van der Waals surface area contributed by atoms with E-state index in [1.165, 1.54) is 6.07 Å². The van der Waals surface area contributed by atoms with Crippen LogP contribution in [0.1, 0.15) is 18.7 Å². The van der Waals surface area contributed by atoms with E-state index in [0.717, 1.165) is 12.8 Å². The number of rotatable bonds is 2. The Balaban J connectivity index is 2.05. The van der Waals surface area contributed by atoms with E-state index in [1.807, 2.05) is 0 Å². The molecular weight excluding hydrogens is 235 g/mol. The maximum atomic E-state index is 12.6. The van der Waals surface area contributed by atoms with Crippen molar-refractivity contribution in [3.63, 3.8) is 0 Å². The normalized spacial score (nSPS) is 16.4. The molecule has 8 heteroatoms. The molecule has 2 aromatic heterocycles. The molecule has 0 saturated heterocycles. The SMILES string of the molecule is FC(F)(F)c1nnc2ccc(NC3CC3)nn12. The fourth-order valence-corrected chi connectivity index (χ4v) is 1.48. The lowest BCUT2D eigenvalue weighted by atomic mass is 10.5. The van der Waals surface area contributed by atoms with E-state index < -0.39 is 12.0 Å². The third-order valence-electron chi connectivity index (χ3n) is 2.45. The number of nitrogens with one attached hydrogen (secondary N) is 1. The lowest BCUT2D eigenvalue weighted by Gasteiger charge is -2.05. The van der Waals surface area contributed by atoms with Gasteiger partial charge in [0.05, 0.1) is 0 Å². The van der Waals surface area contributed by atoms with Gasteiger partial charge in [-0.15, -0.1) is 15.3 Å². The summed E-state index contributed by atoms with van der Waals surface area (Å²) in [6, 6.07) is 3.38. The molecule has 1 fully saturated rings. The maximum absolute atomic E-state index is 12.6. The standard InChI is InChI=1S/C9H8F3N5/c10-9(11,12)8-15-14-7-4-3-6(16-17(7)8)13-5-1-2-5/h3-5H,1-2H2,(H,13,16). The van der Waals surface area contributed by atoms with Gasteiger partial charge in [-0.05, 0) is 25.0 Å². The molecule has 0 radical (unpaired) electrons. The minimum atomic E-state index is -4.55. The molecule has 0 bridgehead atoms. The van der Waals surface area contributed by atoms with E-state index in [0.29, 0.717) is 16.4 Å². The molecule has 1 aliphatic carbocycles. The summed E-state index contributed by atoms with van der Waals surface area (Å²) in [6.07, 6.45) is -2.51. The Bertz CT molecular complexity index is 557. The second-order valence-electron chi connectivity index (χ2n) is 3.93. The van der Waals surface area contributed by atoms with Gasteiger partial charge in [0.15, 0.2) is 5.65 Å². The minimum absolute atomic E-state index is 0.0821. The number of alkyl halides is 3. The van der Waals surface area contributed by atoms with Crippen LogP contribution in [0.5, 0.6) is 0 Å². The first-order valence-electron chi connectivity index (χ1n) is 5.10.